The number of rotatable bonds is 8. The molecular formula is C24H30N2O4S. The molecule has 0 saturated carbocycles. The standard InChI is InChI=1S/C24H30N2O4S/c1-6-26(7-2)31(28,29)21-10-8-19(9-11-21)18(5)25-24(27)14-20-15-30-23-13-17(4)16(3)12-22(20)23/h8-13,15,18H,6-7,14H2,1-5H3,(H,25,27). The maximum Gasteiger partial charge on any atom is 0.243 e. The van der Waals surface area contributed by atoms with Gasteiger partial charge in [0.05, 0.1) is 23.6 Å². The number of hydrogen-bond acceptors (Lipinski definition) is 4. The number of sulfonamides is 1. The first-order valence-corrected chi connectivity index (χ1v) is 12.0. The monoisotopic (exact) mass is 442 g/mol. The Hall–Kier alpha value is -2.64. The molecule has 1 amide bonds. The number of fused-ring (bicyclic) bond motifs is 1. The van der Waals surface area contributed by atoms with E-state index in [0.717, 1.165) is 33.2 Å². The summed E-state index contributed by atoms with van der Waals surface area (Å²) in [4.78, 5) is 12.9. The molecule has 1 unspecified atom stereocenters. The van der Waals surface area contributed by atoms with E-state index in [1.807, 2.05) is 40.7 Å². The largest absolute Gasteiger partial charge is 0.464 e. The molecule has 0 radical (unpaired) electrons. The van der Waals surface area contributed by atoms with Gasteiger partial charge in [-0.05, 0) is 61.7 Å². The van der Waals surface area contributed by atoms with Crippen LogP contribution in [-0.4, -0.2) is 31.7 Å². The molecule has 0 aliphatic heterocycles. The van der Waals surface area contributed by atoms with Crippen LogP contribution in [0, 0.1) is 13.8 Å². The van der Waals surface area contributed by atoms with Gasteiger partial charge in [0.2, 0.25) is 15.9 Å². The van der Waals surface area contributed by atoms with E-state index in [-0.39, 0.29) is 23.3 Å². The van der Waals surface area contributed by atoms with Gasteiger partial charge < -0.3 is 9.73 Å². The molecule has 1 aromatic heterocycles. The number of nitrogens with one attached hydrogen (secondary N) is 1. The third-order valence-electron chi connectivity index (χ3n) is 5.72. The number of aryl methyl sites for hydroxylation is 2. The van der Waals surface area contributed by atoms with Crippen molar-refractivity contribution in [3.8, 4) is 0 Å². The van der Waals surface area contributed by atoms with Crippen LogP contribution in [-0.2, 0) is 21.2 Å². The quantitative estimate of drug-likeness (QED) is 0.557. The zero-order chi connectivity index (χ0) is 22.8. The second-order valence-corrected chi connectivity index (χ2v) is 9.76. The van der Waals surface area contributed by atoms with E-state index in [0.29, 0.717) is 13.1 Å². The summed E-state index contributed by atoms with van der Waals surface area (Å²) in [6.45, 7) is 10.4. The van der Waals surface area contributed by atoms with E-state index in [9.17, 15) is 13.2 Å². The predicted octanol–water partition coefficient (Wildman–Crippen LogP) is 4.50. The van der Waals surface area contributed by atoms with Crippen LogP contribution >= 0.6 is 0 Å². The molecule has 2 aromatic carbocycles. The zero-order valence-electron chi connectivity index (χ0n) is 18.7. The summed E-state index contributed by atoms with van der Waals surface area (Å²) in [6, 6.07) is 10.5. The fraction of sp³-hybridized carbons (Fsp3) is 0.375. The Morgan fingerprint density at radius 2 is 1.68 bits per heavy atom. The summed E-state index contributed by atoms with van der Waals surface area (Å²) >= 11 is 0. The Labute approximate surface area is 184 Å². The van der Waals surface area contributed by atoms with Crippen molar-refractivity contribution in [3.63, 3.8) is 0 Å². The normalized spacial score (nSPS) is 13.0. The third-order valence-corrected chi connectivity index (χ3v) is 7.79. The van der Waals surface area contributed by atoms with Gasteiger partial charge in [-0.15, -0.1) is 0 Å². The minimum Gasteiger partial charge on any atom is -0.464 e. The highest BCUT2D eigenvalue weighted by atomic mass is 32.2. The molecule has 1 atom stereocenters. The van der Waals surface area contributed by atoms with Crippen LogP contribution in [0.15, 0.2) is 52.0 Å². The maximum absolute atomic E-state index is 12.6. The zero-order valence-corrected chi connectivity index (χ0v) is 19.5. The van der Waals surface area contributed by atoms with Gasteiger partial charge in [-0.2, -0.15) is 4.31 Å². The molecule has 1 N–H and O–H groups in total. The van der Waals surface area contributed by atoms with Crippen molar-refractivity contribution in [2.45, 2.75) is 52.0 Å². The minimum absolute atomic E-state index is 0.117. The van der Waals surface area contributed by atoms with Gasteiger partial charge in [0, 0.05) is 24.0 Å². The van der Waals surface area contributed by atoms with Crippen LogP contribution in [0.2, 0.25) is 0 Å². The molecule has 166 valence electrons. The molecule has 0 fully saturated rings. The van der Waals surface area contributed by atoms with E-state index >= 15 is 0 Å². The van der Waals surface area contributed by atoms with E-state index in [1.54, 1.807) is 30.5 Å². The molecule has 0 saturated heterocycles. The van der Waals surface area contributed by atoms with Crippen LogP contribution in [0.25, 0.3) is 11.0 Å². The van der Waals surface area contributed by atoms with Crippen molar-refractivity contribution < 1.29 is 17.6 Å². The average Bonchev–Trinajstić information content (AvgIpc) is 3.10. The molecule has 3 aromatic rings. The van der Waals surface area contributed by atoms with Gasteiger partial charge in [0.25, 0.3) is 0 Å². The third kappa shape index (κ3) is 4.83. The Morgan fingerprint density at radius 3 is 2.29 bits per heavy atom. The number of benzene rings is 2. The van der Waals surface area contributed by atoms with Crippen LogP contribution in [0.5, 0.6) is 0 Å². The number of amides is 1. The Bertz CT molecular complexity index is 1180. The van der Waals surface area contributed by atoms with Gasteiger partial charge in [0.15, 0.2) is 0 Å². The summed E-state index contributed by atoms with van der Waals surface area (Å²) < 4.78 is 32.3. The lowest BCUT2D eigenvalue weighted by Crippen LogP contribution is -2.30. The van der Waals surface area contributed by atoms with Crippen molar-refractivity contribution >= 4 is 26.9 Å². The molecule has 6 nitrogen and oxygen atoms in total. The first-order valence-electron chi connectivity index (χ1n) is 10.5. The van der Waals surface area contributed by atoms with Gasteiger partial charge in [0.1, 0.15) is 5.58 Å². The first kappa shape index (κ1) is 23.0. The first-order chi connectivity index (χ1) is 14.7. The van der Waals surface area contributed by atoms with Crippen molar-refractivity contribution in [1.82, 2.24) is 9.62 Å². The predicted molar refractivity (Wildman–Crippen MR) is 122 cm³/mol. The molecule has 0 bridgehead atoms. The van der Waals surface area contributed by atoms with Crippen LogP contribution < -0.4 is 5.32 Å². The number of carbonyl (C=O) groups excluding carboxylic acids is 1. The SMILES string of the molecule is CCN(CC)S(=O)(=O)c1ccc(C(C)NC(=O)Cc2coc3cc(C)c(C)cc23)cc1. The van der Waals surface area contributed by atoms with Crippen molar-refractivity contribution in [3.05, 3.63) is 64.9 Å². The van der Waals surface area contributed by atoms with Crippen LogP contribution in [0.3, 0.4) is 0 Å². The molecule has 0 aliphatic carbocycles. The second kappa shape index (κ2) is 9.24. The Balaban J connectivity index is 1.70. The topological polar surface area (TPSA) is 79.6 Å². The number of nitrogens with zero attached hydrogens (tertiary/aromatic N) is 1. The van der Waals surface area contributed by atoms with Gasteiger partial charge >= 0.3 is 0 Å². The molecule has 0 aliphatic rings. The lowest BCUT2D eigenvalue weighted by molar-refractivity contribution is -0.121. The molecule has 1 heterocycles. The summed E-state index contributed by atoms with van der Waals surface area (Å²) in [5, 5.41) is 3.94. The summed E-state index contributed by atoms with van der Waals surface area (Å²) in [7, 11) is -3.49. The Kier molecular flexibility index (Phi) is 6.86. The number of furan rings is 1. The highest BCUT2D eigenvalue weighted by molar-refractivity contribution is 7.89. The summed E-state index contributed by atoms with van der Waals surface area (Å²) in [6.07, 6.45) is 1.86. The lowest BCUT2D eigenvalue weighted by atomic mass is 10.0. The van der Waals surface area contributed by atoms with E-state index < -0.39 is 10.0 Å². The fourth-order valence-electron chi connectivity index (χ4n) is 3.66. The number of hydrogen-bond donors (Lipinski definition) is 1. The second-order valence-electron chi connectivity index (χ2n) is 7.82. The molecule has 31 heavy (non-hydrogen) atoms. The maximum atomic E-state index is 12.6. The van der Waals surface area contributed by atoms with Gasteiger partial charge in [-0.1, -0.05) is 26.0 Å². The van der Waals surface area contributed by atoms with E-state index in [1.165, 1.54) is 4.31 Å². The summed E-state index contributed by atoms with van der Waals surface area (Å²) in [5.41, 5.74) is 4.78. The minimum atomic E-state index is -3.49. The average molecular weight is 443 g/mol. The number of carbonyl (C=O) groups is 1. The highest BCUT2D eigenvalue weighted by Crippen LogP contribution is 2.25. The van der Waals surface area contributed by atoms with Crippen LogP contribution in [0.4, 0.5) is 0 Å². The highest BCUT2D eigenvalue weighted by Gasteiger charge is 2.22. The van der Waals surface area contributed by atoms with E-state index in [2.05, 4.69) is 11.4 Å². The fourth-order valence-corrected chi connectivity index (χ4v) is 5.12. The molecule has 3 rings (SSSR count). The van der Waals surface area contributed by atoms with Gasteiger partial charge in [-0.3, -0.25) is 4.79 Å². The lowest BCUT2D eigenvalue weighted by Gasteiger charge is -2.19. The van der Waals surface area contributed by atoms with Crippen LogP contribution in [0.1, 0.15) is 49.1 Å². The van der Waals surface area contributed by atoms with E-state index in [4.69, 9.17) is 4.42 Å². The van der Waals surface area contributed by atoms with Crippen molar-refractivity contribution in [2.24, 2.45) is 0 Å². The Morgan fingerprint density at radius 1 is 1.06 bits per heavy atom. The van der Waals surface area contributed by atoms with Crippen molar-refractivity contribution in [2.75, 3.05) is 13.1 Å². The molecular weight excluding hydrogens is 412 g/mol. The summed E-state index contributed by atoms with van der Waals surface area (Å²) in [5.74, 6) is -0.117. The van der Waals surface area contributed by atoms with Crippen molar-refractivity contribution in [1.29, 1.82) is 0 Å². The van der Waals surface area contributed by atoms with Gasteiger partial charge in [-0.25, -0.2) is 8.42 Å². The molecule has 7 heteroatoms. The smallest absolute Gasteiger partial charge is 0.243 e. The molecule has 0 spiro atoms.